The van der Waals surface area contributed by atoms with E-state index in [1.807, 2.05) is 43.3 Å². The van der Waals surface area contributed by atoms with Crippen molar-refractivity contribution in [3.05, 3.63) is 102 Å². The molecule has 4 rings (SSSR count). The largest absolute Gasteiger partial charge is 0.487 e. The zero-order chi connectivity index (χ0) is 22.0. The first-order chi connectivity index (χ1) is 14.9. The first-order valence-electron chi connectivity index (χ1n) is 9.36. The topological polar surface area (TPSA) is 47.9 Å². The SMILES string of the molecule is Cc1ccccc1C1=N/C(=C\c2cc(I)c(OCc3ccccc3F)c(I)c2)C(=O)O1. The van der Waals surface area contributed by atoms with Gasteiger partial charge in [-0.05, 0) is 93.6 Å². The number of esters is 1. The van der Waals surface area contributed by atoms with Gasteiger partial charge in [0, 0.05) is 11.1 Å². The highest BCUT2D eigenvalue weighted by atomic mass is 127. The van der Waals surface area contributed by atoms with Crippen LogP contribution in [-0.4, -0.2) is 11.9 Å². The van der Waals surface area contributed by atoms with Crippen LogP contribution in [0.1, 0.15) is 22.3 Å². The highest BCUT2D eigenvalue weighted by Crippen LogP contribution is 2.31. The number of benzene rings is 3. The van der Waals surface area contributed by atoms with Crippen molar-refractivity contribution in [2.24, 2.45) is 4.99 Å². The molecule has 1 aliphatic heterocycles. The third kappa shape index (κ3) is 4.98. The van der Waals surface area contributed by atoms with Crippen molar-refractivity contribution < 1.29 is 18.7 Å². The fraction of sp³-hybridized carbons (Fsp3) is 0.0833. The van der Waals surface area contributed by atoms with Crippen LogP contribution in [0.25, 0.3) is 6.08 Å². The van der Waals surface area contributed by atoms with Crippen molar-refractivity contribution in [1.82, 2.24) is 0 Å². The van der Waals surface area contributed by atoms with Crippen molar-refractivity contribution in [2.45, 2.75) is 13.5 Å². The van der Waals surface area contributed by atoms with E-state index < -0.39 is 5.97 Å². The van der Waals surface area contributed by atoms with Gasteiger partial charge in [-0.2, -0.15) is 0 Å². The van der Waals surface area contributed by atoms with E-state index in [9.17, 15) is 9.18 Å². The summed E-state index contributed by atoms with van der Waals surface area (Å²) in [6, 6.07) is 17.9. The molecule has 1 heterocycles. The number of cyclic esters (lactones) is 1. The molecule has 0 unspecified atom stereocenters. The lowest BCUT2D eigenvalue weighted by molar-refractivity contribution is -0.129. The molecule has 0 amide bonds. The molecule has 0 aliphatic carbocycles. The highest BCUT2D eigenvalue weighted by Gasteiger charge is 2.25. The van der Waals surface area contributed by atoms with Crippen molar-refractivity contribution in [1.29, 1.82) is 0 Å². The molecule has 0 aromatic heterocycles. The number of hydrogen-bond acceptors (Lipinski definition) is 4. The van der Waals surface area contributed by atoms with Crippen LogP contribution in [0.15, 0.2) is 71.4 Å². The lowest BCUT2D eigenvalue weighted by Gasteiger charge is -2.12. The molecule has 1 aliphatic rings. The third-order valence-corrected chi connectivity index (χ3v) is 6.25. The Balaban J connectivity index is 1.58. The third-order valence-electron chi connectivity index (χ3n) is 4.65. The summed E-state index contributed by atoms with van der Waals surface area (Å²) in [6.45, 7) is 2.08. The molecule has 156 valence electrons. The molecule has 31 heavy (non-hydrogen) atoms. The first-order valence-corrected chi connectivity index (χ1v) is 11.5. The van der Waals surface area contributed by atoms with Crippen LogP contribution < -0.4 is 4.74 Å². The number of aliphatic imine (C=N–C) groups is 1. The maximum absolute atomic E-state index is 13.9. The molecule has 0 bridgehead atoms. The molecule has 0 radical (unpaired) electrons. The molecule has 0 atom stereocenters. The van der Waals surface area contributed by atoms with E-state index >= 15 is 0 Å². The van der Waals surface area contributed by atoms with E-state index in [4.69, 9.17) is 9.47 Å². The summed E-state index contributed by atoms with van der Waals surface area (Å²) in [5.74, 6) is 0.201. The minimum atomic E-state index is -0.483. The Hall–Kier alpha value is -2.27. The molecule has 3 aromatic rings. The van der Waals surface area contributed by atoms with Gasteiger partial charge in [0.05, 0.1) is 7.14 Å². The number of halogens is 3. The van der Waals surface area contributed by atoms with E-state index in [1.165, 1.54) is 6.07 Å². The standard InChI is InChI=1S/C24H16FI2NO3/c1-14-6-2-4-8-17(14)23-28-21(24(29)31-23)12-15-10-19(26)22(20(27)11-15)30-13-16-7-3-5-9-18(16)25/h2-12H,13H2,1H3/b21-12-. The number of carbonyl (C=O) groups is 1. The second kappa shape index (κ2) is 9.47. The van der Waals surface area contributed by atoms with Crippen molar-refractivity contribution in [3.63, 3.8) is 0 Å². The first kappa shape index (κ1) is 21.9. The zero-order valence-corrected chi connectivity index (χ0v) is 20.7. The normalized spacial score (nSPS) is 14.5. The van der Waals surface area contributed by atoms with Crippen molar-refractivity contribution in [3.8, 4) is 5.75 Å². The Labute approximate surface area is 206 Å². The van der Waals surface area contributed by atoms with Gasteiger partial charge in [0.25, 0.3) is 0 Å². The fourth-order valence-electron chi connectivity index (χ4n) is 3.06. The van der Waals surface area contributed by atoms with Gasteiger partial charge in [0.15, 0.2) is 5.70 Å². The van der Waals surface area contributed by atoms with Crippen LogP contribution in [0, 0.1) is 19.9 Å². The van der Waals surface area contributed by atoms with Crippen molar-refractivity contribution >= 4 is 63.1 Å². The molecule has 7 heteroatoms. The molecule has 0 saturated heterocycles. The average molecular weight is 639 g/mol. The Morgan fingerprint density at radius 1 is 1.06 bits per heavy atom. The van der Waals surface area contributed by atoms with Gasteiger partial charge in [-0.25, -0.2) is 14.2 Å². The number of ether oxygens (including phenoxy) is 2. The number of nitrogens with zero attached hydrogens (tertiary/aromatic N) is 1. The van der Waals surface area contributed by atoms with Crippen LogP contribution in [0.2, 0.25) is 0 Å². The minimum Gasteiger partial charge on any atom is -0.487 e. The van der Waals surface area contributed by atoms with Gasteiger partial charge >= 0.3 is 5.97 Å². The molecule has 0 saturated carbocycles. The van der Waals surface area contributed by atoms with E-state index in [2.05, 4.69) is 50.2 Å². The Bertz CT molecular complexity index is 1210. The van der Waals surface area contributed by atoms with Crippen LogP contribution in [0.3, 0.4) is 0 Å². The summed E-state index contributed by atoms with van der Waals surface area (Å²) >= 11 is 4.34. The molecule has 4 nitrogen and oxygen atoms in total. The monoisotopic (exact) mass is 639 g/mol. The van der Waals surface area contributed by atoms with Crippen LogP contribution in [-0.2, 0) is 16.1 Å². The van der Waals surface area contributed by atoms with E-state index in [0.717, 1.165) is 23.8 Å². The molecule has 0 fully saturated rings. The lowest BCUT2D eigenvalue weighted by Crippen LogP contribution is -2.06. The summed E-state index contributed by atoms with van der Waals surface area (Å²) in [4.78, 5) is 16.7. The fourth-order valence-corrected chi connectivity index (χ4v) is 5.19. The second-order valence-corrected chi connectivity index (χ2v) is 9.17. The number of hydrogen-bond donors (Lipinski definition) is 0. The van der Waals surface area contributed by atoms with E-state index in [-0.39, 0.29) is 18.1 Å². The summed E-state index contributed by atoms with van der Waals surface area (Å²) in [5.41, 5.74) is 3.31. The predicted molar refractivity (Wildman–Crippen MR) is 134 cm³/mol. The molecule has 0 N–H and O–H groups in total. The number of rotatable bonds is 5. The maximum Gasteiger partial charge on any atom is 0.363 e. The Kier molecular flexibility index (Phi) is 6.71. The predicted octanol–water partition coefficient (Wildman–Crippen LogP) is 6.27. The summed E-state index contributed by atoms with van der Waals surface area (Å²) in [7, 11) is 0. The van der Waals surface area contributed by atoms with Gasteiger partial charge in [0.2, 0.25) is 5.90 Å². The summed E-state index contributed by atoms with van der Waals surface area (Å²) < 4.78 is 26.8. The smallest absolute Gasteiger partial charge is 0.363 e. The quantitative estimate of drug-likeness (QED) is 0.188. The van der Waals surface area contributed by atoms with Crippen LogP contribution in [0.4, 0.5) is 4.39 Å². The van der Waals surface area contributed by atoms with Gasteiger partial charge in [-0.15, -0.1) is 0 Å². The van der Waals surface area contributed by atoms with Gasteiger partial charge in [0.1, 0.15) is 18.2 Å². The lowest BCUT2D eigenvalue weighted by atomic mass is 10.1. The Morgan fingerprint density at radius 2 is 1.74 bits per heavy atom. The zero-order valence-electron chi connectivity index (χ0n) is 16.4. The van der Waals surface area contributed by atoms with Crippen LogP contribution >= 0.6 is 45.2 Å². The minimum absolute atomic E-state index is 0.134. The van der Waals surface area contributed by atoms with E-state index in [1.54, 1.807) is 24.3 Å². The summed E-state index contributed by atoms with van der Waals surface area (Å²) in [6.07, 6.45) is 1.69. The molecular formula is C24H16FI2NO3. The van der Waals surface area contributed by atoms with Gasteiger partial charge < -0.3 is 9.47 Å². The molecular weight excluding hydrogens is 623 g/mol. The van der Waals surface area contributed by atoms with Crippen LogP contribution in [0.5, 0.6) is 5.75 Å². The second-order valence-electron chi connectivity index (χ2n) is 6.84. The summed E-state index contributed by atoms with van der Waals surface area (Å²) in [5, 5.41) is 0. The van der Waals surface area contributed by atoms with Gasteiger partial charge in [-0.1, -0.05) is 36.4 Å². The molecule has 0 spiro atoms. The number of carbonyl (C=O) groups excluding carboxylic acids is 1. The Morgan fingerprint density at radius 3 is 2.45 bits per heavy atom. The van der Waals surface area contributed by atoms with Crippen molar-refractivity contribution in [2.75, 3.05) is 0 Å². The van der Waals surface area contributed by atoms with E-state index in [0.29, 0.717) is 17.2 Å². The number of aryl methyl sites for hydroxylation is 1. The average Bonchev–Trinajstić information content (AvgIpc) is 3.09. The maximum atomic E-state index is 13.9. The molecule has 3 aromatic carbocycles. The van der Waals surface area contributed by atoms with Gasteiger partial charge in [-0.3, -0.25) is 0 Å². The highest BCUT2D eigenvalue weighted by molar-refractivity contribution is 14.1.